The molecule has 3 rings (SSSR count). The third-order valence-corrected chi connectivity index (χ3v) is 4.59. The van der Waals surface area contributed by atoms with Crippen molar-refractivity contribution in [1.82, 2.24) is 5.32 Å². The highest BCUT2D eigenvalue weighted by molar-refractivity contribution is 6.38. The molecule has 0 bridgehead atoms. The molecule has 0 spiro atoms. The molecule has 0 saturated heterocycles. The summed E-state index contributed by atoms with van der Waals surface area (Å²) in [6.45, 7) is 2.45. The minimum atomic E-state index is -0.701. The summed E-state index contributed by atoms with van der Waals surface area (Å²) in [5.74, 6) is -0.854. The Morgan fingerprint density at radius 2 is 1.87 bits per heavy atom. The first-order valence-corrected chi connectivity index (χ1v) is 9.85. The van der Waals surface area contributed by atoms with E-state index in [9.17, 15) is 19.7 Å². The minimum absolute atomic E-state index is 0.0349. The lowest BCUT2D eigenvalue weighted by atomic mass is 10.1. The third-order valence-electron chi connectivity index (χ3n) is 4.59. The number of rotatable bonds is 9. The number of anilines is 2. The Bertz CT molecular complexity index is 979. The van der Waals surface area contributed by atoms with Crippen LogP contribution in [0, 0.1) is 10.1 Å². The zero-order valence-electron chi connectivity index (χ0n) is 17.0. The maximum absolute atomic E-state index is 12.8. The number of benzene rings is 2. The molecule has 0 radical (unpaired) electrons. The molecule has 31 heavy (non-hydrogen) atoms. The van der Waals surface area contributed by atoms with Gasteiger partial charge in [-0.05, 0) is 25.1 Å². The van der Waals surface area contributed by atoms with Gasteiger partial charge in [0.2, 0.25) is 5.91 Å². The van der Waals surface area contributed by atoms with Crippen LogP contribution in [-0.4, -0.2) is 48.2 Å². The highest BCUT2D eigenvalue weighted by Gasteiger charge is 2.36. The predicted octanol–water partition coefficient (Wildman–Crippen LogP) is 2.32. The van der Waals surface area contributed by atoms with Gasteiger partial charge in [0.05, 0.1) is 17.2 Å². The lowest BCUT2D eigenvalue weighted by Gasteiger charge is -2.22. The van der Waals surface area contributed by atoms with Crippen molar-refractivity contribution in [3.05, 3.63) is 64.7 Å². The van der Waals surface area contributed by atoms with Gasteiger partial charge in [0.25, 0.3) is 5.69 Å². The van der Waals surface area contributed by atoms with Crippen LogP contribution in [0.5, 0.6) is 0 Å². The number of nitrogens with one attached hydrogen (secondary N) is 2. The molecule has 162 valence electrons. The molecule has 1 aliphatic heterocycles. The largest absolute Gasteiger partial charge is 0.461 e. The second kappa shape index (κ2) is 10.2. The van der Waals surface area contributed by atoms with Crippen molar-refractivity contribution in [3.63, 3.8) is 0 Å². The molecule has 0 saturated carbocycles. The molecule has 10 nitrogen and oxygen atoms in total. The van der Waals surface area contributed by atoms with Crippen LogP contribution in [0.2, 0.25) is 0 Å². The van der Waals surface area contributed by atoms with Gasteiger partial charge in [-0.3, -0.25) is 19.9 Å². The number of carbonyl (C=O) groups excluding carboxylic acids is 2. The summed E-state index contributed by atoms with van der Waals surface area (Å²) in [5, 5.41) is 22.7. The molecule has 1 atom stereocenters. The fourth-order valence-corrected chi connectivity index (χ4v) is 3.15. The summed E-state index contributed by atoms with van der Waals surface area (Å²) in [4.78, 5) is 35.6. The van der Waals surface area contributed by atoms with Gasteiger partial charge in [0.1, 0.15) is 17.4 Å². The lowest BCUT2D eigenvalue weighted by Crippen LogP contribution is -2.44. The van der Waals surface area contributed by atoms with Crippen LogP contribution in [-0.2, 0) is 14.3 Å². The molecule has 1 unspecified atom stereocenters. The fourth-order valence-electron chi connectivity index (χ4n) is 3.15. The second-order valence-electron chi connectivity index (χ2n) is 6.66. The molecular weight excluding hydrogens is 402 g/mol. The van der Waals surface area contributed by atoms with Crippen molar-refractivity contribution in [3.8, 4) is 0 Å². The van der Waals surface area contributed by atoms with Gasteiger partial charge >= 0.3 is 5.97 Å². The van der Waals surface area contributed by atoms with Gasteiger partial charge in [-0.1, -0.05) is 30.3 Å². The highest BCUT2D eigenvalue weighted by atomic mass is 16.6. The van der Waals surface area contributed by atoms with Crippen LogP contribution in [0.25, 0.3) is 0 Å². The molecule has 0 aliphatic carbocycles. The number of amides is 1. The Kier molecular flexibility index (Phi) is 7.15. The van der Waals surface area contributed by atoms with E-state index in [4.69, 9.17) is 4.74 Å². The van der Waals surface area contributed by atoms with Crippen molar-refractivity contribution in [2.24, 2.45) is 5.10 Å². The number of hydrogen-bond donors (Lipinski definition) is 2. The number of para-hydroxylation sites is 3. The van der Waals surface area contributed by atoms with Gasteiger partial charge in [-0.25, -0.2) is 4.79 Å². The van der Waals surface area contributed by atoms with E-state index in [1.54, 1.807) is 37.3 Å². The summed E-state index contributed by atoms with van der Waals surface area (Å²) >= 11 is 0. The van der Waals surface area contributed by atoms with Gasteiger partial charge in [0, 0.05) is 25.6 Å². The Labute approximate surface area is 179 Å². The van der Waals surface area contributed by atoms with Crippen LogP contribution >= 0.6 is 0 Å². The van der Waals surface area contributed by atoms with E-state index in [-0.39, 0.29) is 36.9 Å². The molecule has 1 aliphatic rings. The highest BCUT2D eigenvalue weighted by Crippen LogP contribution is 2.25. The maximum Gasteiger partial charge on any atom is 0.354 e. The lowest BCUT2D eigenvalue weighted by molar-refractivity contribution is -0.384. The maximum atomic E-state index is 12.8. The van der Waals surface area contributed by atoms with Crippen molar-refractivity contribution >= 4 is 34.7 Å². The van der Waals surface area contributed by atoms with Gasteiger partial charge < -0.3 is 15.4 Å². The molecule has 2 aromatic rings. The Morgan fingerprint density at radius 3 is 2.58 bits per heavy atom. The van der Waals surface area contributed by atoms with Crippen molar-refractivity contribution in [1.29, 1.82) is 0 Å². The quantitative estimate of drug-likeness (QED) is 0.273. The van der Waals surface area contributed by atoms with Crippen molar-refractivity contribution in [2.75, 3.05) is 30.0 Å². The molecule has 2 aromatic carbocycles. The normalized spacial score (nSPS) is 15.2. The number of carbonyl (C=O) groups is 2. The summed E-state index contributed by atoms with van der Waals surface area (Å²) in [6.07, 6.45) is 0.122. The Hall–Kier alpha value is -3.95. The van der Waals surface area contributed by atoms with E-state index in [0.29, 0.717) is 17.9 Å². The van der Waals surface area contributed by atoms with Gasteiger partial charge in [0.15, 0.2) is 0 Å². The average molecular weight is 425 g/mol. The van der Waals surface area contributed by atoms with E-state index in [1.165, 1.54) is 11.1 Å². The minimum Gasteiger partial charge on any atom is -0.461 e. The first kappa shape index (κ1) is 21.8. The van der Waals surface area contributed by atoms with E-state index in [2.05, 4.69) is 15.7 Å². The van der Waals surface area contributed by atoms with Crippen LogP contribution < -0.4 is 15.6 Å². The number of nitrogens with zero attached hydrogens (tertiary/aromatic N) is 3. The van der Waals surface area contributed by atoms with E-state index >= 15 is 0 Å². The van der Waals surface area contributed by atoms with Gasteiger partial charge in [-0.15, -0.1) is 0 Å². The summed E-state index contributed by atoms with van der Waals surface area (Å²) < 4.78 is 5.02. The molecule has 1 heterocycles. The van der Waals surface area contributed by atoms with Crippen LogP contribution in [0.1, 0.15) is 13.3 Å². The molecule has 2 N–H and O–H groups in total. The Balaban J connectivity index is 1.62. The number of esters is 1. The Morgan fingerprint density at radius 1 is 1.16 bits per heavy atom. The first-order valence-electron chi connectivity index (χ1n) is 9.85. The fraction of sp³-hybridized carbons (Fsp3) is 0.286. The van der Waals surface area contributed by atoms with Crippen molar-refractivity contribution < 1.29 is 19.2 Å². The first-order chi connectivity index (χ1) is 15.0. The second-order valence-corrected chi connectivity index (χ2v) is 6.66. The molecule has 0 aromatic heterocycles. The molecular formula is C21H23N5O5. The average Bonchev–Trinajstić information content (AvgIpc) is 3.23. The molecule has 10 heteroatoms. The number of nitro benzene ring substituents is 1. The number of nitro groups is 1. The zero-order chi connectivity index (χ0) is 22.2. The predicted molar refractivity (Wildman–Crippen MR) is 116 cm³/mol. The van der Waals surface area contributed by atoms with Gasteiger partial charge in [-0.2, -0.15) is 5.10 Å². The number of hydrazone groups is 1. The van der Waals surface area contributed by atoms with Crippen molar-refractivity contribution in [2.45, 2.75) is 19.4 Å². The SMILES string of the molecule is CCOC(=O)C1=NN(c2ccccc2)C(C(=O)NCCNc2ccccc2[N+](=O)[O-])C1. The topological polar surface area (TPSA) is 126 Å². The number of hydrogen-bond acceptors (Lipinski definition) is 8. The molecule has 0 fully saturated rings. The van der Waals surface area contributed by atoms with Crippen LogP contribution in [0.3, 0.4) is 0 Å². The summed E-state index contributed by atoms with van der Waals surface area (Å²) in [5.41, 5.74) is 1.21. The third kappa shape index (κ3) is 5.35. The monoisotopic (exact) mass is 425 g/mol. The van der Waals surface area contributed by atoms with Crippen LogP contribution in [0.15, 0.2) is 59.7 Å². The summed E-state index contributed by atoms with van der Waals surface area (Å²) in [6, 6.07) is 14.7. The standard InChI is InChI=1S/C21H23N5O5/c1-2-31-21(28)17-14-19(25(24-17)15-8-4-3-5-9-15)20(27)23-13-12-22-16-10-6-7-11-18(16)26(29)30/h3-11,19,22H,2,12-14H2,1H3,(H,23,27). The smallest absolute Gasteiger partial charge is 0.354 e. The number of ether oxygens (including phenoxy) is 1. The van der Waals surface area contributed by atoms with E-state index in [1.807, 2.05) is 18.2 Å². The zero-order valence-corrected chi connectivity index (χ0v) is 17.0. The van der Waals surface area contributed by atoms with E-state index < -0.39 is 16.9 Å². The molecule has 1 amide bonds. The van der Waals surface area contributed by atoms with Crippen LogP contribution in [0.4, 0.5) is 17.1 Å². The van der Waals surface area contributed by atoms with E-state index in [0.717, 1.165) is 0 Å². The summed E-state index contributed by atoms with van der Waals surface area (Å²) in [7, 11) is 0.